The van der Waals surface area contributed by atoms with Gasteiger partial charge in [-0.2, -0.15) is 0 Å². The SMILES string of the molecule is COC(=O)c1nc2cccc(F)c2cc1N. The van der Waals surface area contributed by atoms with Crippen molar-refractivity contribution >= 4 is 22.6 Å². The summed E-state index contributed by atoms with van der Waals surface area (Å²) in [6, 6.07) is 5.80. The van der Waals surface area contributed by atoms with E-state index in [1.165, 1.54) is 25.3 Å². The quantitative estimate of drug-likeness (QED) is 0.743. The number of carbonyl (C=O) groups is 1. The van der Waals surface area contributed by atoms with Crippen LogP contribution >= 0.6 is 0 Å². The topological polar surface area (TPSA) is 65.2 Å². The zero-order valence-corrected chi connectivity index (χ0v) is 8.53. The van der Waals surface area contributed by atoms with Gasteiger partial charge in [0.2, 0.25) is 0 Å². The number of nitrogens with two attached hydrogens (primary N) is 1. The molecule has 0 fully saturated rings. The van der Waals surface area contributed by atoms with Crippen LogP contribution in [0.25, 0.3) is 10.9 Å². The number of methoxy groups -OCH3 is 1. The van der Waals surface area contributed by atoms with E-state index in [9.17, 15) is 9.18 Å². The first kappa shape index (κ1) is 10.4. The molecule has 0 aliphatic carbocycles. The maximum absolute atomic E-state index is 13.4. The van der Waals surface area contributed by atoms with Crippen molar-refractivity contribution in [3.05, 3.63) is 35.8 Å². The summed E-state index contributed by atoms with van der Waals surface area (Å²) >= 11 is 0. The first-order chi connectivity index (χ1) is 7.63. The van der Waals surface area contributed by atoms with Crippen molar-refractivity contribution in [2.45, 2.75) is 0 Å². The lowest BCUT2D eigenvalue weighted by molar-refractivity contribution is 0.0596. The van der Waals surface area contributed by atoms with Crippen LogP contribution in [-0.2, 0) is 4.74 Å². The third kappa shape index (κ3) is 1.56. The zero-order valence-electron chi connectivity index (χ0n) is 8.53. The fraction of sp³-hybridized carbons (Fsp3) is 0.0909. The minimum atomic E-state index is -0.635. The molecule has 16 heavy (non-hydrogen) atoms. The van der Waals surface area contributed by atoms with Crippen molar-refractivity contribution in [1.82, 2.24) is 4.98 Å². The van der Waals surface area contributed by atoms with Gasteiger partial charge >= 0.3 is 5.97 Å². The van der Waals surface area contributed by atoms with Gasteiger partial charge in [-0.25, -0.2) is 14.2 Å². The molecule has 0 spiro atoms. The van der Waals surface area contributed by atoms with E-state index in [0.717, 1.165) is 0 Å². The van der Waals surface area contributed by atoms with E-state index in [2.05, 4.69) is 9.72 Å². The Hall–Kier alpha value is -2.17. The zero-order chi connectivity index (χ0) is 11.7. The van der Waals surface area contributed by atoms with Crippen molar-refractivity contribution < 1.29 is 13.9 Å². The molecule has 0 unspecified atom stereocenters. The maximum Gasteiger partial charge on any atom is 0.358 e. The average molecular weight is 220 g/mol. The molecule has 0 amide bonds. The highest BCUT2D eigenvalue weighted by Crippen LogP contribution is 2.21. The van der Waals surface area contributed by atoms with Gasteiger partial charge in [-0.15, -0.1) is 0 Å². The number of esters is 1. The van der Waals surface area contributed by atoms with Crippen molar-refractivity contribution in [3.63, 3.8) is 0 Å². The number of hydrogen-bond donors (Lipinski definition) is 1. The van der Waals surface area contributed by atoms with Gasteiger partial charge in [0, 0.05) is 5.39 Å². The molecule has 0 saturated heterocycles. The van der Waals surface area contributed by atoms with Crippen LogP contribution in [0.2, 0.25) is 0 Å². The lowest BCUT2D eigenvalue weighted by Crippen LogP contribution is -2.08. The fourth-order valence-corrected chi connectivity index (χ4v) is 1.44. The van der Waals surface area contributed by atoms with Crippen LogP contribution in [0.15, 0.2) is 24.3 Å². The molecule has 1 heterocycles. The molecule has 0 atom stereocenters. The standard InChI is InChI=1S/C11H9FN2O2/c1-16-11(15)10-8(13)5-6-7(12)3-2-4-9(6)14-10/h2-5H,13H2,1H3. The molecule has 1 aromatic carbocycles. The molecule has 2 aromatic rings. The third-order valence-corrected chi connectivity index (χ3v) is 2.21. The van der Waals surface area contributed by atoms with Gasteiger partial charge in [-0.05, 0) is 18.2 Å². The van der Waals surface area contributed by atoms with Gasteiger partial charge in [-0.1, -0.05) is 6.07 Å². The van der Waals surface area contributed by atoms with E-state index >= 15 is 0 Å². The molecule has 0 aliphatic rings. The second kappa shape index (κ2) is 3.77. The summed E-state index contributed by atoms with van der Waals surface area (Å²) in [5.74, 6) is -1.06. The summed E-state index contributed by atoms with van der Waals surface area (Å²) < 4.78 is 17.9. The molecule has 0 radical (unpaired) electrons. The number of rotatable bonds is 1. The van der Waals surface area contributed by atoms with Crippen LogP contribution in [0.3, 0.4) is 0 Å². The number of carbonyl (C=O) groups excluding carboxylic acids is 1. The normalized spacial score (nSPS) is 10.4. The van der Waals surface area contributed by atoms with Gasteiger partial charge in [0.25, 0.3) is 0 Å². The van der Waals surface area contributed by atoms with Crippen LogP contribution in [0.1, 0.15) is 10.5 Å². The largest absolute Gasteiger partial charge is 0.464 e. The Morgan fingerprint density at radius 1 is 1.50 bits per heavy atom. The molecule has 82 valence electrons. The molecule has 0 aliphatic heterocycles. The number of ether oxygens (including phenoxy) is 1. The minimum absolute atomic E-state index is 0.000556. The van der Waals surface area contributed by atoms with Gasteiger partial charge < -0.3 is 10.5 Å². The Bertz CT molecular complexity index is 569. The Morgan fingerprint density at radius 3 is 2.94 bits per heavy atom. The maximum atomic E-state index is 13.4. The van der Waals surface area contributed by atoms with E-state index in [1.807, 2.05) is 0 Å². The highest BCUT2D eigenvalue weighted by atomic mass is 19.1. The third-order valence-electron chi connectivity index (χ3n) is 2.21. The second-order valence-corrected chi connectivity index (χ2v) is 3.22. The Labute approximate surface area is 90.8 Å². The number of fused-ring (bicyclic) bond motifs is 1. The number of pyridine rings is 1. The van der Waals surface area contributed by atoms with Gasteiger partial charge in [-0.3, -0.25) is 0 Å². The highest BCUT2D eigenvalue weighted by molar-refractivity contribution is 5.97. The van der Waals surface area contributed by atoms with Gasteiger partial charge in [0.15, 0.2) is 5.69 Å². The lowest BCUT2D eigenvalue weighted by atomic mass is 10.1. The minimum Gasteiger partial charge on any atom is -0.464 e. The predicted molar refractivity (Wildman–Crippen MR) is 57.5 cm³/mol. The number of benzene rings is 1. The molecular formula is C11H9FN2O2. The summed E-state index contributed by atoms with van der Waals surface area (Å²) in [6.45, 7) is 0. The lowest BCUT2D eigenvalue weighted by Gasteiger charge is -2.05. The van der Waals surface area contributed by atoms with Gasteiger partial charge in [0.05, 0.1) is 18.3 Å². The van der Waals surface area contributed by atoms with E-state index in [4.69, 9.17) is 5.73 Å². The van der Waals surface area contributed by atoms with Crippen molar-refractivity contribution in [1.29, 1.82) is 0 Å². The van der Waals surface area contributed by atoms with Crippen LogP contribution in [0.5, 0.6) is 0 Å². The van der Waals surface area contributed by atoms with Crippen molar-refractivity contribution in [3.8, 4) is 0 Å². The monoisotopic (exact) mass is 220 g/mol. The number of nitrogens with zero attached hydrogens (tertiary/aromatic N) is 1. The molecule has 5 heteroatoms. The summed E-state index contributed by atoms with van der Waals surface area (Å²) in [6.07, 6.45) is 0. The number of halogens is 1. The number of anilines is 1. The van der Waals surface area contributed by atoms with E-state index < -0.39 is 11.8 Å². The van der Waals surface area contributed by atoms with Crippen LogP contribution in [0, 0.1) is 5.82 Å². The smallest absolute Gasteiger partial charge is 0.358 e. The Kier molecular flexibility index (Phi) is 2.44. The number of hydrogen-bond acceptors (Lipinski definition) is 4. The van der Waals surface area contributed by atoms with Crippen molar-refractivity contribution in [2.24, 2.45) is 0 Å². The Morgan fingerprint density at radius 2 is 2.25 bits per heavy atom. The summed E-state index contributed by atoms with van der Waals surface area (Å²) in [5.41, 5.74) is 6.07. The molecule has 2 N–H and O–H groups in total. The second-order valence-electron chi connectivity index (χ2n) is 3.22. The Balaban J connectivity index is 2.72. The summed E-state index contributed by atoms with van der Waals surface area (Å²) in [5, 5.41) is 0.285. The highest BCUT2D eigenvalue weighted by Gasteiger charge is 2.14. The molecule has 4 nitrogen and oxygen atoms in total. The predicted octanol–water partition coefficient (Wildman–Crippen LogP) is 1.74. The number of nitrogen functional groups attached to an aromatic ring is 1. The van der Waals surface area contributed by atoms with Crippen LogP contribution in [-0.4, -0.2) is 18.1 Å². The summed E-state index contributed by atoms with van der Waals surface area (Å²) in [4.78, 5) is 15.3. The van der Waals surface area contributed by atoms with Crippen LogP contribution in [0.4, 0.5) is 10.1 Å². The first-order valence-electron chi connectivity index (χ1n) is 4.56. The van der Waals surface area contributed by atoms with E-state index in [0.29, 0.717) is 5.52 Å². The van der Waals surface area contributed by atoms with E-state index in [-0.39, 0.29) is 16.8 Å². The molecular weight excluding hydrogens is 211 g/mol. The van der Waals surface area contributed by atoms with E-state index in [1.54, 1.807) is 6.07 Å². The number of aromatic nitrogens is 1. The summed E-state index contributed by atoms with van der Waals surface area (Å²) in [7, 11) is 1.24. The average Bonchev–Trinajstić information content (AvgIpc) is 2.29. The fourth-order valence-electron chi connectivity index (χ4n) is 1.44. The van der Waals surface area contributed by atoms with Crippen LogP contribution < -0.4 is 5.73 Å². The van der Waals surface area contributed by atoms with Crippen molar-refractivity contribution in [2.75, 3.05) is 12.8 Å². The molecule has 0 bridgehead atoms. The molecule has 0 saturated carbocycles. The van der Waals surface area contributed by atoms with Gasteiger partial charge in [0.1, 0.15) is 5.82 Å². The molecule has 2 rings (SSSR count). The molecule has 1 aromatic heterocycles. The first-order valence-corrected chi connectivity index (χ1v) is 4.56.